The number of halogens is 3. The standard InChI is InChI=1S/C16H17F3N2O2/c17-16(18,19)14-9-13(22)11-3-1-2-4-12(11)21(14)10-15(23)5-7-20-8-6-15/h1-4,9,20,23H,5-8,10H2. The van der Waals surface area contributed by atoms with Crippen LogP contribution in [0.25, 0.3) is 10.9 Å². The largest absolute Gasteiger partial charge is 0.431 e. The minimum Gasteiger partial charge on any atom is -0.388 e. The number of nitrogens with one attached hydrogen (secondary N) is 1. The van der Waals surface area contributed by atoms with Crippen molar-refractivity contribution in [3.63, 3.8) is 0 Å². The molecule has 1 aromatic carbocycles. The number of aromatic nitrogens is 1. The van der Waals surface area contributed by atoms with E-state index in [4.69, 9.17) is 0 Å². The van der Waals surface area contributed by atoms with E-state index in [-0.39, 0.29) is 17.4 Å². The molecule has 1 aliphatic heterocycles. The number of benzene rings is 1. The van der Waals surface area contributed by atoms with Crippen molar-refractivity contribution < 1.29 is 18.3 Å². The molecule has 1 saturated heterocycles. The first-order valence-electron chi connectivity index (χ1n) is 7.43. The number of piperidine rings is 1. The van der Waals surface area contributed by atoms with Gasteiger partial charge in [0.1, 0.15) is 5.69 Å². The number of hydrogen-bond donors (Lipinski definition) is 2. The van der Waals surface area contributed by atoms with E-state index in [9.17, 15) is 23.1 Å². The summed E-state index contributed by atoms with van der Waals surface area (Å²) in [6.45, 7) is 0.913. The molecule has 2 aromatic rings. The van der Waals surface area contributed by atoms with Gasteiger partial charge in [0.15, 0.2) is 5.43 Å². The fourth-order valence-electron chi connectivity index (χ4n) is 3.08. The van der Waals surface area contributed by atoms with Gasteiger partial charge in [-0.2, -0.15) is 13.2 Å². The van der Waals surface area contributed by atoms with E-state index in [0.29, 0.717) is 32.0 Å². The normalized spacial score (nSPS) is 18.3. The molecule has 0 radical (unpaired) electrons. The van der Waals surface area contributed by atoms with Gasteiger partial charge in [0.2, 0.25) is 0 Å². The van der Waals surface area contributed by atoms with Crippen LogP contribution in [-0.4, -0.2) is 28.4 Å². The predicted molar refractivity (Wildman–Crippen MR) is 80.3 cm³/mol. The average Bonchev–Trinajstić information content (AvgIpc) is 2.49. The SMILES string of the molecule is O=c1cc(C(F)(F)F)n(CC2(O)CCNCC2)c2ccccc12. The summed E-state index contributed by atoms with van der Waals surface area (Å²) in [5.74, 6) is 0. The second kappa shape index (κ2) is 5.65. The highest BCUT2D eigenvalue weighted by molar-refractivity contribution is 5.79. The van der Waals surface area contributed by atoms with Gasteiger partial charge in [-0.25, -0.2) is 0 Å². The molecule has 4 nitrogen and oxygen atoms in total. The first kappa shape index (κ1) is 16.0. The lowest BCUT2D eigenvalue weighted by molar-refractivity contribution is -0.145. The average molecular weight is 326 g/mol. The maximum absolute atomic E-state index is 13.4. The van der Waals surface area contributed by atoms with Crippen molar-refractivity contribution in [2.45, 2.75) is 31.2 Å². The summed E-state index contributed by atoms with van der Waals surface area (Å²) in [6, 6.07) is 6.80. The minimum absolute atomic E-state index is 0.190. The summed E-state index contributed by atoms with van der Waals surface area (Å²) in [7, 11) is 0. The zero-order chi connectivity index (χ0) is 16.7. The van der Waals surface area contributed by atoms with Crippen LogP contribution in [0.3, 0.4) is 0 Å². The van der Waals surface area contributed by atoms with Gasteiger partial charge in [-0.05, 0) is 38.1 Å². The molecule has 0 atom stereocenters. The molecule has 3 rings (SSSR count). The number of para-hydroxylation sites is 1. The number of aliphatic hydroxyl groups is 1. The van der Waals surface area contributed by atoms with E-state index in [2.05, 4.69) is 5.32 Å². The van der Waals surface area contributed by atoms with Crippen LogP contribution in [0, 0.1) is 0 Å². The molecule has 2 heterocycles. The quantitative estimate of drug-likeness (QED) is 0.889. The van der Waals surface area contributed by atoms with Crippen molar-refractivity contribution in [3.8, 4) is 0 Å². The van der Waals surface area contributed by atoms with E-state index in [1.54, 1.807) is 12.1 Å². The Hall–Kier alpha value is -1.86. The van der Waals surface area contributed by atoms with Gasteiger partial charge in [-0.3, -0.25) is 4.79 Å². The lowest BCUT2D eigenvalue weighted by atomic mass is 9.92. The molecule has 0 amide bonds. The Morgan fingerprint density at radius 1 is 1.22 bits per heavy atom. The molecule has 1 aromatic heterocycles. The lowest BCUT2D eigenvalue weighted by Crippen LogP contribution is -2.45. The zero-order valence-corrected chi connectivity index (χ0v) is 12.4. The van der Waals surface area contributed by atoms with Crippen molar-refractivity contribution in [1.82, 2.24) is 9.88 Å². The maximum atomic E-state index is 13.4. The molecule has 0 bridgehead atoms. The fraction of sp³-hybridized carbons (Fsp3) is 0.438. The van der Waals surface area contributed by atoms with E-state index in [0.717, 1.165) is 4.57 Å². The van der Waals surface area contributed by atoms with Crippen molar-refractivity contribution in [2.75, 3.05) is 13.1 Å². The van der Waals surface area contributed by atoms with Crippen LogP contribution < -0.4 is 10.7 Å². The van der Waals surface area contributed by atoms with Gasteiger partial charge < -0.3 is 15.0 Å². The third-order valence-corrected chi connectivity index (χ3v) is 4.30. The third-order valence-electron chi connectivity index (χ3n) is 4.30. The zero-order valence-electron chi connectivity index (χ0n) is 12.4. The number of nitrogens with zero attached hydrogens (tertiary/aromatic N) is 1. The van der Waals surface area contributed by atoms with E-state index in [1.807, 2.05) is 0 Å². The minimum atomic E-state index is -4.66. The summed E-state index contributed by atoms with van der Waals surface area (Å²) in [5, 5.41) is 13.9. The molecule has 0 unspecified atom stereocenters. The second-order valence-corrected chi connectivity index (χ2v) is 5.97. The molecule has 23 heavy (non-hydrogen) atoms. The highest BCUT2D eigenvalue weighted by atomic mass is 19.4. The van der Waals surface area contributed by atoms with Gasteiger partial charge in [0.25, 0.3) is 0 Å². The summed E-state index contributed by atoms with van der Waals surface area (Å²) in [4.78, 5) is 12.0. The van der Waals surface area contributed by atoms with Gasteiger partial charge in [-0.1, -0.05) is 12.1 Å². The second-order valence-electron chi connectivity index (χ2n) is 5.97. The van der Waals surface area contributed by atoms with Crippen molar-refractivity contribution >= 4 is 10.9 Å². The summed E-state index contributed by atoms with van der Waals surface area (Å²) < 4.78 is 41.2. The predicted octanol–water partition coefficient (Wildman–Crippen LogP) is 2.13. The van der Waals surface area contributed by atoms with Gasteiger partial charge in [0, 0.05) is 11.5 Å². The summed E-state index contributed by atoms with van der Waals surface area (Å²) in [5.41, 5.74) is -2.71. The van der Waals surface area contributed by atoms with Crippen LogP contribution in [0.4, 0.5) is 13.2 Å². The molecule has 1 aliphatic rings. The Labute approximate surface area is 130 Å². The maximum Gasteiger partial charge on any atom is 0.431 e. The van der Waals surface area contributed by atoms with Crippen molar-refractivity contribution in [3.05, 3.63) is 46.2 Å². The summed E-state index contributed by atoms with van der Waals surface area (Å²) >= 11 is 0. The number of rotatable bonds is 2. The Morgan fingerprint density at radius 2 is 1.87 bits per heavy atom. The first-order chi connectivity index (χ1) is 10.8. The smallest absolute Gasteiger partial charge is 0.388 e. The number of pyridine rings is 1. The van der Waals surface area contributed by atoms with Crippen LogP contribution in [0.2, 0.25) is 0 Å². The molecular formula is C16H17F3N2O2. The Morgan fingerprint density at radius 3 is 2.52 bits per heavy atom. The molecule has 0 aliphatic carbocycles. The molecule has 1 fully saturated rings. The Kier molecular flexibility index (Phi) is 3.93. The molecule has 124 valence electrons. The number of fused-ring (bicyclic) bond motifs is 1. The third kappa shape index (κ3) is 3.11. The topological polar surface area (TPSA) is 54.3 Å². The van der Waals surface area contributed by atoms with E-state index in [1.165, 1.54) is 12.1 Å². The van der Waals surface area contributed by atoms with Gasteiger partial charge in [-0.15, -0.1) is 0 Å². The van der Waals surface area contributed by atoms with Crippen LogP contribution in [-0.2, 0) is 12.7 Å². The van der Waals surface area contributed by atoms with Crippen LogP contribution in [0.5, 0.6) is 0 Å². The highest BCUT2D eigenvalue weighted by Gasteiger charge is 2.38. The fourth-order valence-corrected chi connectivity index (χ4v) is 3.08. The molecule has 0 spiro atoms. The number of hydrogen-bond acceptors (Lipinski definition) is 3. The molecule has 7 heteroatoms. The number of alkyl halides is 3. The molecule has 2 N–H and O–H groups in total. The highest BCUT2D eigenvalue weighted by Crippen LogP contribution is 2.32. The van der Waals surface area contributed by atoms with Crippen molar-refractivity contribution in [2.24, 2.45) is 0 Å². The van der Waals surface area contributed by atoms with Crippen LogP contribution in [0.1, 0.15) is 18.5 Å². The van der Waals surface area contributed by atoms with E-state index < -0.39 is 22.9 Å². The van der Waals surface area contributed by atoms with Gasteiger partial charge in [0.05, 0.1) is 17.7 Å². The van der Waals surface area contributed by atoms with Gasteiger partial charge >= 0.3 is 6.18 Å². The van der Waals surface area contributed by atoms with Crippen molar-refractivity contribution in [1.29, 1.82) is 0 Å². The van der Waals surface area contributed by atoms with E-state index >= 15 is 0 Å². The molecular weight excluding hydrogens is 309 g/mol. The molecule has 0 saturated carbocycles. The van der Waals surface area contributed by atoms with Crippen LogP contribution >= 0.6 is 0 Å². The van der Waals surface area contributed by atoms with Crippen LogP contribution in [0.15, 0.2) is 35.1 Å². The first-order valence-corrected chi connectivity index (χ1v) is 7.43. The Bertz CT molecular complexity index is 777. The lowest BCUT2D eigenvalue weighted by Gasteiger charge is -2.34. The summed E-state index contributed by atoms with van der Waals surface area (Å²) in [6.07, 6.45) is -3.93. The monoisotopic (exact) mass is 326 g/mol. The Balaban J connectivity index is 2.20.